The third kappa shape index (κ3) is 3.69. The first-order chi connectivity index (χ1) is 10.7. The van der Waals surface area contributed by atoms with Crippen molar-refractivity contribution in [3.8, 4) is 0 Å². The van der Waals surface area contributed by atoms with E-state index in [0.29, 0.717) is 22.5 Å². The number of benzene rings is 1. The Balaban J connectivity index is 2.46. The average Bonchev–Trinajstić information content (AvgIpc) is 2.46. The zero-order valence-electron chi connectivity index (χ0n) is 11.4. The lowest BCUT2D eigenvalue weighted by Gasteiger charge is -2.13. The van der Waals surface area contributed by atoms with Crippen LogP contribution in [-0.2, 0) is 12.7 Å². The first-order valence-corrected chi connectivity index (χ1v) is 6.54. The second-order valence-electron chi connectivity index (χ2n) is 4.35. The molecule has 1 aromatic heterocycles. The summed E-state index contributed by atoms with van der Waals surface area (Å²) < 4.78 is 38.7. The summed E-state index contributed by atoms with van der Waals surface area (Å²) in [7, 11) is 0. The molecule has 1 heterocycles. The summed E-state index contributed by atoms with van der Waals surface area (Å²) in [6.45, 7) is 0.0430. The SMILES string of the molecule is NCc1c(Cl)cccc1Nc1ncc(C(=O)O)c(C(F)(F)F)n1. The van der Waals surface area contributed by atoms with E-state index in [1.54, 1.807) is 12.1 Å². The molecule has 0 saturated heterocycles. The van der Waals surface area contributed by atoms with Gasteiger partial charge in [0.05, 0.1) is 0 Å². The zero-order valence-corrected chi connectivity index (χ0v) is 12.1. The third-order valence-corrected chi connectivity index (χ3v) is 3.21. The van der Waals surface area contributed by atoms with Crippen LogP contribution in [0, 0.1) is 0 Å². The summed E-state index contributed by atoms with van der Waals surface area (Å²) in [6, 6.07) is 4.68. The fourth-order valence-corrected chi connectivity index (χ4v) is 2.07. The van der Waals surface area contributed by atoms with Crippen LogP contribution in [0.3, 0.4) is 0 Å². The Morgan fingerprint density at radius 3 is 2.65 bits per heavy atom. The number of alkyl halides is 3. The number of carbonyl (C=O) groups is 1. The molecule has 0 saturated carbocycles. The van der Waals surface area contributed by atoms with Gasteiger partial charge in [-0.15, -0.1) is 0 Å². The minimum absolute atomic E-state index is 0.0430. The van der Waals surface area contributed by atoms with Crippen LogP contribution >= 0.6 is 11.6 Å². The summed E-state index contributed by atoms with van der Waals surface area (Å²) in [5.74, 6) is -2.19. The summed E-state index contributed by atoms with van der Waals surface area (Å²) in [4.78, 5) is 17.7. The van der Waals surface area contributed by atoms with Gasteiger partial charge in [-0.3, -0.25) is 0 Å². The first-order valence-electron chi connectivity index (χ1n) is 6.16. The maximum absolute atomic E-state index is 12.9. The number of aromatic nitrogens is 2. The Morgan fingerprint density at radius 2 is 2.09 bits per heavy atom. The van der Waals surface area contributed by atoms with Crippen molar-refractivity contribution >= 4 is 29.2 Å². The van der Waals surface area contributed by atoms with Gasteiger partial charge in [-0.1, -0.05) is 17.7 Å². The monoisotopic (exact) mass is 346 g/mol. The van der Waals surface area contributed by atoms with E-state index < -0.39 is 29.4 Å². The van der Waals surface area contributed by atoms with Crippen LogP contribution in [0.2, 0.25) is 5.02 Å². The maximum Gasteiger partial charge on any atom is 0.434 e. The van der Waals surface area contributed by atoms with E-state index in [1.165, 1.54) is 6.07 Å². The highest BCUT2D eigenvalue weighted by molar-refractivity contribution is 6.31. The average molecular weight is 347 g/mol. The van der Waals surface area contributed by atoms with Crippen LogP contribution in [-0.4, -0.2) is 21.0 Å². The van der Waals surface area contributed by atoms with Crippen molar-refractivity contribution in [3.63, 3.8) is 0 Å². The Morgan fingerprint density at radius 1 is 1.39 bits per heavy atom. The zero-order chi connectivity index (χ0) is 17.2. The number of carboxylic acids is 1. The summed E-state index contributed by atoms with van der Waals surface area (Å²) >= 11 is 5.95. The molecule has 0 spiro atoms. The molecule has 2 aromatic rings. The van der Waals surface area contributed by atoms with Gasteiger partial charge in [0.25, 0.3) is 0 Å². The fraction of sp³-hybridized carbons (Fsp3) is 0.154. The molecule has 10 heteroatoms. The third-order valence-electron chi connectivity index (χ3n) is 2.86. The van der Waals surface area contributed by atoms with Crippen LogP contribution in [0.4, 0.5) is 24.8 Å². The Kier molecular flexibility index (Phi) is 4.71. The van der Waals surface area contributed by atoms with E-state index in [0.717, 1.165) is 0 Å². The molecule has 0 bridgehead atoms. The van der Waals surface area contributed by atoms with Gasteiger partial charge in [0.1, 0.15) is 5.56 Å². The lowest BCUT2D eigenvalue weighted by atomic mass is 10.2. The molecule has 4 N–H and O–H groups in total. The molecule has 0 amide bonds. The largest absolute Gasteiger partial charge is 0.478 e. The van der Waals surface area contributed by atoms with Gasteiger partial charge in [-0.05, 0) is 12.1 Å². The van der Waals surface area contributed by atoms with Gasteiger partial charge < -0.3 is 16.2 Å². The fourth-order valence-electron chi connectivity index (χ4n) is 1.82. The molecular formula is C13H10ClF3N4O2. The van der Waals surface area contributed by atoms with E-state index in [4.69, 9.17) is 22.4 Å². The lowest BCUT2D eigenvalue weighted by molar-refractivity contribution is -0.141. The molecule has 2 rings (SSSR count). The van der Waals surface area contributed by atoms with Gasteiger partial charge >= 0.3 is 12.1 Å². The van der Waals surface area contributed by atoms with Crippen LogP contribution < -0.4 is 11.1 Å². The van der Waals surface area contributed by atoms with E-state index in [9.17, 15) is 18.0 Å². The highest BCUT2D eigenvalue weighted by Gasteiger charge is 2.38. The minimum Gasteiger partial charge on any atom is -0.478 e. The van der Waals surface area contributed by atoms with Crippen molar-refractivity contribution < 1.29 is 23.1 Å². The van der Waals surface area contributed by atoms with Gasteiger partial charge in [-0.2, -0.15) is 13.2 Å². The van der Waals surface area contributed by atoms with Gasteiger partial charge in [0.15, 0.2) is 5.69 Å². The van der Waals surface area contributed by atoms with Crippen LogP contribution in [0.5, 0.6) is 0 Å². The number of nitrogens with one attached hydrogen (secondary N) is 1. The Labute approximate surface area is 133 Å². The van der Waals surface area contributed by atoms with Crippen molar-refractivity contribution in [1.29, 1.82) is 0 Å². The molecule has 0 aliphatic heterocycles. The predicted octanol–water partition coefficient (Wildman–Crippen LogP) is 3.05. The van der Waals surface area contributed by atoms with Gasteiger partial charge in [0.2, 0.25) is 5.95 Å². The number of hydrogen-bond acceptors (Lipinski definition) is 5. The van der Waals surface area contributed by atoms with Crippen LogP contribution in [0.25, 0.3) is 0 Å². The molecule has 1 aromatic carbocycles. The van der Waals surface area contributed by atoms with Crippen LogP contribution in [0.1, 0.15) is 21.6 Å². The molecule has 0 radical (unpaired) electrons. The predicted molar refractivity (Wildman–Crippen MR) is 76.6 cm³/mol. The molecule has 0 fully saturated rings. The molecule has 0 aliphatic rings. The Bertz CT molecular complexity index is 752. The molecule has 122 valence electrons. The highest BCUT2D eigenvalue weighted by Crippen LogP contribution is 2.32. The van der Waals surface area contributed by atoms with E-state index in [2.05, 4.69) is 15.3 Å². The molecule has 0 aliphatic carbocycles. The quantitative estimate of drug-likeness (QED) is 0.786. The van der Waals surface area contributed by atoms with Crippen molar-refractivity contribution in [2.75, 3.05) is 5.32 Å². The Hall–Kier alpha value is -2.39. The second-order valence-corrected chi connectivity index (χ2v) is 4.76. The normalized spacial score (nSPS) is 11.3. The first kappa shape index (κ1) is 17.0. The second kappa shape index (κ2) is 6.39. The van der Waals surface area contributed by atoms with Crippen molar-refractivity contribution in [2.24, 2.45) is 5.73 Å². The van der Waals surface area contributed by atoms with Gasteiger partial charge in [0, 0.05) is 29.0 Å². The summed E-state index contributed by atoms with van der Waals surface area (Å²) in [6.07, 6.45) is -4.34. The molecular weight excluding hydrogens is 337 g/mol. The van der Waals surface area contributed by atoms with E-state index in [-0.39, 0.29) is 6.54 Å². The van der Waals surface area contributed by atoms with E-state index >= 15 is 0 Å². The lowest BCUT2D eigenvalue weighted by Crippen LogP contribution is -2.17. The molecule has 23 heavy (non-hydrogen) atoms. The van der Waals surface area contributed by atoms with Crippen LogP contribution in [0.15, 0.2) is 24.4 Å². The summed E-state index contributed by atoms with van der Waals surface area (Å²) in [5.41, 5.74) is 3.76. The number of halogens is 4. The number of hydrogen-bond donors (Lipinski definition) is 3. The number of nitrogens with zero attached hydrogens (tertiary/aromatic N) is 2. The topological polar surface area (TPSA) is 101 Å². The van der Waals surface area contributed by atoms with Crippen molar-refractivity contribution in [2.45, 2.75) is 12.7 Å². The highest BCUT2D eigenvalue weighted by atomic mass is 35.5. The molecule has 0 atom stereocenters. The molecule has 0 unspecified atom stereocenters. The smallest absolute Gasteiger partial charge is 0.434 e. The summed E-state index contributed by atoms with van der Waals surface area (Å²) in [5, 5.41) is 11.7. The number of anilines is 2. The number of aromatic carboxylic acids is 1. The van der Waals surface area contributed by atoms with Gasteiger partial charge in [-0.25, -0.2) is 14.8 Å². The minimum atomic E-state index is -4.93. The van der Waals surface area contributed by atoms with Crippen molar-refractivity contribution in [3.05, 3.63) is 46.2 Å². The number of nitrogens with two attached hydrogens (primary N) is 1. The standard InChI is InChI=1S/C13H10ClF3N4O2/c14-8-2-1-3-9(6(8)4-18)20-12-19-5-7(11(22)23)10(21-12)13(15,16)17/h1-3,5H,4,18H2,(H,22,23)(H,19,20,21). The van der Waals surface area contributed by atoms with E-state index in [1.807, 2.05) is 0 Å². The maximum atomic E-state index is 12.9. The van der Waals surface area contributed by atoms with Crippen molar-refractivity contribution in [1.82, 2.24) is 9.97 Å². The molecule has 6 nitrogen and oxygen atoms in total. The number of carboxylic acid groups (broad SMARTS) is 1. The number of rotatable bonds is 4.